The maximum Gasteiger partial charge on any atom is 0.407 e. The van der Waals surface area contributed by atoms with Gasteiger partial charge in [0.15, 0.2) is 0 Å². The number of alkyl carbamates (subject to hydrolysis) is 1. The van der Waals surface area contributed by atoms with E-state index in [1.807, 2.05) is 38.1 Å². The fourth-order valence-electron chi connectivity index (χ4n) is 5.00. The molecule has 0 aliphatic heterocycles. The number of rotatable bonds is 10. The largest absolute Gasteiger partial charge is 0.480 e. The lowest BCUT2D eigenvalue weighted by Crippen LogP contribution is -2.52. The van der Waals surface area contributed by atoms with Gasteiger partial charge >= 0.3 is 12.1 Å². The van der Waals surface area contributed by atoms with Crippen LogP contribution in [-0.2, 0) is 14.3 Å². The predicted octanol–water partition coefficient (Wildman–Crippen LogP) is 4.45. The van der Waals surface area contributed by atoms with Crippen LogP contribution in [-0.4, -0.2) is 41.3 Å². The number of ether oxygens (including phenoxy) is 1. The quantitative estimate of drug-likeness (QED) is 0.482. The first-order valence-electron chi connectivity index (χ1n) is 12.0. The number of carboxylic acid groups (broad SMARTS) is 1. The van der Waals surface area contributed by atoms with E-state index in [9.17, 15) is 19.5 Å². The summed E-state index contributed by atoms with van der Waals surface area (Å²) in [5.41, 5.74) is 3.80. The highest BCUT2D eigenvalue weighted by molar-refractivity contribution is 5.85. The number of carbonyl (C=O) groups is 3. The number of carboxylic acids is 1. The Morgan fingerprint density at radius 2 is 1.65 bits per heavy atom. The Morgan fingerprint density at radius 1 is 1.06 bits per heavy atom. The Hall–Kier alpha value is -3.35. The zero-order chi connectivity index (χ0) is 24.3. The Labute approximate surface area is 199 Å². The van der Waals surface area contributed by atoms with Crippen molar-refractivity contribution >= 4 is 18.0 Å². The highest BCUT2D eigenvalue weighted by atomic mass is 16.5. The van der Waals surface area contributed by atoms with Gasteiger partial charge in [0.2, 0.25) is 5.91 Å². The summed E-state index contributed by atoms with van der Waals surface area (Å²) in [7, 11) is 0. The molecule has 0 radical (unpaired) electrons. The minimum absolute atomic E-state index is 0.00928. The zero-order valence-corrected chi connectivity index (χ0v) is 19.7. The first-order valence-corrected chi connectivity index (χ1v) is 12.0. The monoisotopic (exact) mass is 464 g/mol. The molecule has 7 heteroatoms. The minimum Gasteiger partial charge on any atom is -0.480 e. The molecule has 180 valence electrons. The van der Waals surface area contributed by atoms with Crippen molar-refractivity contribution in [3.63, 3.8) is 0 Å². The van der Waals surface area contributed by atoms with Crippen molar-refractivity contribution in [2.75, 3.05) is 6.61 Å². The van der Waals surface area contributed by atoms with Gasteiger partial charge in [-0.15, -0.1) is 0 Å². The van der Waals surface area contributed by atoms with Crippen LogP contribution in [0.1, 0.15) is 63.0 Å². The van der Waals surface area contributed by atoms with Crippen LogP contribution >= 0.6 is 0 Å². The third kappa shape index (κ3) is 5.08. The van der Waals surface area contributed by atoms with Crippen LogP contribution in [0.2, 0.25) is 0 Å². The van der Waals surface area contributed by atoms with Gasteiger partial charge in [0, 0.05) is 12.3 Å². The van der Waals surface area contributed by atoms with Crippen LogP contribution in [0.3, 0.4) is 0 Å². The predicted molar refractivity (Wildman–Crippen MR) is 128 cm³/mol. The molecule has 34 heavy (non-hydrogen) atoms. The maximum atomic E-state index is 12.8. The summed E-state index contributed by atoms with van der Waals surface area (Å²) in [6, 6.07) is 15.4. The molecule has 1 fully saturated rings. The van der Waals surface area contributed by atoms with E-state index in [1.165, 1.54) is 0 Å². The standard InChI is InChI=1S/C27H32N2O5/c1-3-8-23(25(31)32)28-24(30)15-27(2,17-13-14-17)29-26(33)34-16-22-20-11-6-4-9-18(20)19-10-5-7-12-21(19)22/h4-7,9-12,17,22-23H,3,8,13-16H2,1-2H3,(H,28,30)(H,29,33)(H,31,32)/t23-,27?/m0/s1. The van der Waals surface area contributed by atoms with Gasteiger partial charge in [-0.25, -0.2) is 9.59 Å². The lowest BCUT2D eigenvalue weighted by atomic mass is 9.91. The van der Waals surface area contributed by atoms with E-state index in [4.69, 9.17) is 4.74 Å². The SMILES string of the molecule is CCC[C@H](NC(=O)CC(C)(NC(=O)OCC1c2ccccc2-c2ccccc21)C1CC1)C(=O)O. The smallest absolute Gasteiger partial charge is 0.407 e. The number of nitrogens with one attached hydrogen (secondary N) is 2. The molecule has 3 N–H and O–H groups in total. The molecule has 2 amide bonds. The topological polar surface area (TPSA) is 105 Å². The third-order valence-corrected chi connectivity index (χ3v) is 6.95. The number of aliphatic carboxylic acids is 1. The maximum absolute atomic E-state index is 12.8. The Bertz CT molecular complexity index is 1030. The zero-order valence-electron chi connectivity index (χ0n) is 19.7. The number of amides is 2. The second-order valence-corrected chi connectivity index (χ2v) is 9.57. The average molecular weight is 465 g/mol. The van der Waals surface area contributed by atoms with Gasteiger partial charge in [0.25, 0.3) is 0 Å². The van der Waals surface area contributed by atoms with Crippen molar-refractivity contribution in [3.8, 4) is 11.1 Å². The van der Waals surface area contributed by atoms with Crippen molar-refractivity contribution < 1.29 is 24.2 Å². The minimum atomic E-state index is -1.05. The molecule has 2 aliphatic rings. The lowest BCUT2D eigenvalue weighted by Gasteiger charge is -2.31. The van der Waals surface area contributed by atoms with Gasteiger partial charge in [-0.3, -0.25) is 4.79 Å². The van der Waals surface area contributed by atoms with Crippen LogP contribution in [0, 0.1) is 5.92 Å². The fraction of sp³-hybridized carbons (Fsp3) is 0.444. The molecule has 0 bridgehead atoms. The van der Waals surface area contributed by atoms with Gasteiger partial charge in [0.1, 0.15) is 12.6 Å². The molecule has 0 saturated heterocycles. The van der Waals surface area contributed by atoms with Crippen molar-refractivity contribution in [1.29, 1.82) is 0 Å². The summed E-state index contributed by atoms with van der Waals surface area (Å²) in [5, 5.41) is 14.8. The summed E-state index contributed by atoms with van der Waals surface area (Å²) < 4.78 is 5.68. The van der Waals surface area contributed by atoms with Crippen LogP contribution in [0.5, 0.6) is 0 Å². The lowest BCUT2D eigenvalue weighted by molar-refractivity contribution is -0.142. The fourth-order valence-corrected chi connectivity index (χ4v) is 5.00. The van der Waals surface area contributed by atoms with E-state index in [0.717, 1.165) is 35.1 Å². The molecule has 2 aromatic rings. The second kappa shape index (κ2) is 9.87. The molecule has 1 unspecified atom stereocenters. The van der Waals surface area contributed by atoms with Crippen molar-refractivity contribution in [1.82, 2.24) is 10.6 Å². The Balaban J connectivity index is 1.39. The number of fused-ring (bicyclic) bond motifs is 3. The van der Waals surface area contributed by atoms with Crippen LogP contribution < -0.4 is 10.6 Å². The summed E-state index contributed by atoms with van der Waals surface area (Å²) in [5.74, 6) is -1.31. The third-order valence-electron chi connectivity index (χ3n) is 6.95. The molecule has 2 aliphatic carbocycles. The number of hydrogen-bond acceptors (Lipinski definition) is 4. The highest BCUT2D eigenvalue weighted by Gasteiger charge is 2.45. The summed E-state index contributed by atoms with van der Waals surface area (Å²) >= 11 is 0. The van der Waals surface area contributed by atoms with Gasteiger partial charge in [-0.1, -0.05) is 61.9 Å². The van der Waals surface area contributed by atoms with Gasteiger partial charge < -0.3 is 20.5 Å². The summed E-state index contributed by atoms with van der Waals surface area (Å²) in [6.07, 6.45) is 2.27. The molecule has 4 rings (SSSR count). The van der Waals surface area contributed by atoms with Gasteiger partial charge in [0.05, 0.1) is 5.54 Å². The van der Waals surface area contributed by atoms with E-state index in [-0.39, 0.29) is 30.8 Å². The average Bonchev–Trinajstić information content (AvgIpc) is 3.61. The number of hydrogen-bond donors (Lipinski definition) is 3. The van der Waals surface area contributed by atoms with E-state index < -0.39 is 23.6 Å². The molecule has 0 spiro atoms. The van der Waals surface area contributed by atoms with Gasteiger partial charge in [-0.05, 0) is 54.4 Å². The molecule has 0 aromatic heterocycles. The van der Waals surface area contributed by atoms with Gasteiger partial charge in [-0.2, -0.15) is 0 Å². The molecule has 1 saturated carbocycles. The van der Waals surface area contributed by atoms with E-state index in [2.05, 4.69) is 34.9 Å². The summed E-state index contributed by atoms with van der Waals surface area (Å²) in [4.78, 5) is 36.9. The van der Waals surface area contributed by atoms with Crippen LogP contribution in [0.4, 0.5) is 4.79 Å². The van der Waals surface area contributed by atoms with E-state index in [0.29, 0.717) is 12.8 Å². The number of carbonyl (C=O) groups excluding carboxylic acids is 2. The van der Waals surface area contributed by atoms with Crippen LogP contribution in [0.15, 0.2) is 48.5 Å². The molecule has 2 atom stereocenters. The second-order valence-electron chi connectivity index (χ2n) is 9.57. The van der Waals surface area contributed by atoms with Crippen molar-refractivity contribution in [3.05, 3.63) is 59.7 Å². The Morgan fingerprint density at radius 3 is 2.18 bits per heavy atom. The molecule has 7 nitrogen and oxygen atoms in total. The molecular formula is C27H32N2O5. The first-order chi connectivity index (χ1) is 16.3. The normalized spacial score (nSPS) is 17.1. The van der Waals surface area contributed by atoms with Crippen molar-refractivity contribution in [2.45, 2.75) is 63.5 Å². The molecular weight excluding hydrogens is 432 g/mol. The Kier molecular flexibility index (Phi) is 6.91. The first kappa shape index (κ1) is 23.8. The number of benzene rings is 2. The molecule has 2 aromatic carbocycles. The van der Waals surface area contributed by atoms with E-state index >= 15 is 0 Å². The van der Waals surface area contributed by atoms with Crippen LogP contribution in [0.25, 0.3) is 11.1 Å². The van der Waals surface area contributed by atoms with E-state index in [1.54, 1.807) is 0 Å². The summed E-state index contributed by atoms with van der Waals surface area (Å²) in [6.45, 7) is 3.90. The highest BCUT2D eigenvalue weighted by Crippen LogP contribution is 2.45. The molecule has 0 heterocycles. The van der Waals surface area contributed by atoms with Crippen molar-refractivity contribution in [2.24, 2.45) is 5.92 Å².